The molecule has 0 radical (unpaired) electrons. The highest BCUT2D eigenvalue weighted by Crippen LogP contribution is 2.24. The van der Waals surface area contributed by atoms with E-state index >= 15 is 0 Å². The number of benzene rings is 1. The average Bonchev–Trinajstić information content (AvgIpc) is 2.88. The van der Waals surface area contributed by atoms with Gasteiger partial charge < -0.3 is 5.11 Å². The first-order valence-electron chi connectivity index (χ1n) is 6.66. The van der Waals surface area contributed by atoms with Gasteiger partial charge in [-0.3, -0.25) is 9.36 Å². The molecule has 2 aromatic rings. The molecule has 0 aliphatic carbocycles. The minimum absolute atomic E-state index is 0.0210. The number of carbonyl (C=O) groups is 1. The number of carboxylic acids is 1. The van der Waals surface area contributed by atoms with E-state index in [1.807, 2.05) is 10.8 Å². The number of aromatic nitrogens is 2. The molecule has 0 amide bonds. The van der Waals surface area contributed by atoms with Crippen molar-refractivity contribution in [3.05, 3.63) is 41.7 Å². The van der Waals surface area contributed by atoms with E-state index in [0.29, 0.717) is 0 Å². The van der Waals surface area contributed by atoms with E-state index in [4.69, 9.17) is 5.11 Å². The molecule has 1 aromatic carbocycles. The van der Waals surface area contributed by atoms with Gasteiger partial charge in [0.05, 0.1) is 5.75 Å². The number of rotatable bonds is 6. The maximum atomic E-state index is 10.7. The Labute approximate surface area is 122 Å². The smallest absolute Gasteiger partial charge is 0.313 e. The summed E-state index contributed by atoms with van der Waals surface area (Å²) in [6.07, 6.45) is 3.68. The minimum atomic E-state index is -0.830. The molecule has 0 aliphatic rings. The Kier molecular flexibility index (Phi) is 4.84. The molecule has 0 saturated heterocycles. The average molecular weight is 290 g/mol. The van der Waals surface area contributed by atoms with Gasteiger partial charge >= 0.3 is 5.97 Å². The Morgan fingerprint density at radius 2 is 1.95 bits per heavy atom. The Hall–Kier alpha value is -1.75. The Morgan fingerprint density at radius 3 is 2.50 bits per heavy atom. The summed E-state index contributed by atoms with van der Waals surface area (Å²) in [5.74, 6) is -0.809. The van der Waals surface area contributed by atoms with Crippen molar-refractivity contribution in [2.75, 3.05) is 5.75 Å². The van der Waals surface area contributed by atoms with Crippen LogP contribution in [0.2, 0.25) is 0 Å². The summed E-state index contributed by atoms with van der Waals surface area (Å²) in [4.78, 5) is 15.1. The Morgan fingerprint density at radius 1 is 1.25 bits per heavy atom. The maximum absolute atomic E-state index is 10.7. The number of hydrogen-bond acceptors (Lipinski definition) is 3. The molecule has 4 nitrogen and oxygen atoms in total. The Balaban J connectivity index is 2.36. The van der Waals surface area contributed by atoms with Gasteiger partial charge in [-0.15, -0.1) is 0 Å². The van der Waals surface area contributed by atoms with Gasteiger partial charge in [0, 0.05) is 17.6 Å². The van der Waals surface area contributed by atoms with Gasteiger partial charge in [0.2, 0.25) is 0 Å². The minimum Gasteiger partial charge on any atom is -0.481 e. The van der Waals surface area contributed by atoms with E-state index in [0.717, 1.165) is 29.4 Å². The lowest BCUT2D eigenvalue weighted by Crippen LogP contribution is -2.04. The normalized spacial score (nSPS) is 10.7. The maximum Gasteiger partial charge on any atom is 0.313 e. The quantitative estimate of drug-likeness (QED) is 0.830. The van der Waals surface area contributed by atoms with Crippen LogP contribution in [-0.4, -0.2) is 26.4 Å². The van der Waals surface area contributed by atoms with Gasteiger partial charge in [-0.05, 0) is 30.5 Å². The Bertz CT molecular complexity index is 590. The summed E-state index contributed by atoms with van der Waals surface area (Å²) >= 11 is 1.25. The topological polar surface area (TPSA) is 55.1 Å². The van der Waals surface area contributed by atoms with Crippen LogP contribution in [0.4, 0.5) is 0 Å². The van der Waals surface area contributed by atoms with Crippen LogP contribution >= 0.6 is 11.8 Å². The highest BCUT2D eigenvalue weighted by atomic mass is 32.2. The van der Waals surface area contributed by atoms with Crippen molar-refractivity contribution >= 4 is 17.7 Å². The molecule has 5 heteroatoms. The first-order chi connectivity index (χ1) is 9.65. The van der Waals surface area contributed by atoms with E-state index in [9.17, 15) is 4.79 Å². The largest absolute Gasteiger partial charge is 0.481 e. The highest BCUT2D eigenvalue weighted by molar-refractivity contribution is 7.99. The molecule has 0 bridgehead atoms. The van der Waals surface area contributed by atoms with Crippen LogP contribution < -0.4 is 0 Å². The van der Waals surface area contributed by atoms with Gasteiger partial charge in [0.1, 0.15) is 0 Å². The monoisotopic (exact) mass is 290 g/mol. The highest BCUT2D eigenvalue weighted by Gasteiger charge is 2.12. The van der Waals surface area contributed by atoms with E-state index < -0.39 is 5.97 Å². The fraction of sp³-hybridized carbons (Fsp3) is 0.333. The van der Waals surface area contributed by atoms with Crippen LogP contribution in [-0.2, 0) is 17.6 Å². The third-order valence-electron chi connectivity index (χ3n) is 3.09. The van der Waals surface area contributed by atoms with Gasteiger partial charge in [-0.2, -0.15) is 0 Å². The number of aliphatic carboxylic acids is 1. The summed E-state index contributed by atoms with van der Waals surface area (Å²) in [5, 5.41) is 9.54. The molecule has 0 spiro atoms. The van der Waals surface area contributed by atoms with Crippen LogP contribution in [0.15, 0.2) is 35.6 Å². The van der Waals surface area contributed by atoms with Crippen molar-refractivity contribution in [3.63, 3.8) is 0 Å². The van der Waals surface area contributed by atoms with Gasteiger partial charge in [0.15, 0.2) is 5.16 Å². The lowest BCUT2D eigenvalue weighted by Gasteiger charge is -2.11. The lowest BCUT2D eigenvalue weighted by molar-refractivity contribution is -0.133. The van der Waals surface area contributed by atoms with Crippen molar-refractivity contribution < 1.29 is 9.90 Å². The molecule has 2 rings (SSSR count). The molecule has 20 heavy (non-hydrogen) atoms. The van der Waals surface area contributed by atoms with E-state index in [1.54, 1.807) is 0 Å². The fourth-order valence-corrected chi connectivity index (χ4v) is 2.73. The molecule has 1 N–H and O–H groups in total. The first-order valence-corrected chi connectivity index (χ1v) is 7.64. The van der Waals surface area contributed by atoms with Crippen molar-refractivity contribution in [2.24, 2.45) is 0 Å². The van der Waals surface area contributed by atoms with Crippen molar-refractivity contribution in [1.29, 1.82) is 0 Å². The van der Waals surface area contributed by atoms with Crippen LogP contribution in [0, 0.1) is 0 Å². The van der Waals surface area contributed by atoms with Crippen LogP contribution in [0.25, 0.3) is 5.69 Å². The van der Waals surface area contributed by atoms with E-state index in [2.05, 4.69) is 43.1 Å². The summed E-state index contributed by atoms with van der Waals surface area (Å²) in [6.45, 7) is 4.19. The lowest BCUT2D eigenvalue weighted by atomic mass is 10.1. The zero-order chi connectivity index (χ0) is 14.5. The first kappa shape index (κ1) is 14.7. The molecule has 0 aliphatic heterocycles. The fourth-order valence-electron chi connectivity index (χ4n) is 2.00. The van der Waals surface area contributed by atoms with Gasteiger partial charge in [-0.25, -0.2) is 4.98 Å². The number of carboxylic acid groups (broad SMARTS) is 1. The molecule has 0 saturated carbocycles. The zero-order valence-corrected chi connectivity index (χ0v) is 12.5. The molecule has 0 fully saturated rings. The number of hydrogen-bond donors (Lipinski definition) is 1. The zero-order valence-electron chi connectivity index (χ0n) is 11.7. The van der Waals surface area contributed by atoms with Crippen molar-refractivity contribution in [2.45, 2.75) is 31.8 Å². The molecular formula is C15H18N2O2S. The summed E-state index contributed by atoms with van der Waals surface area (Å²) in [5.41, 5.74) is 3.40. The molecule has 0 atom stereocenters. The molecule has 0 unspecified atom stereocenters. The third kappa shape index (κ3) is 3.22. The number of nitrogens with zero attached hydrogens (tertiary/aromatic N) is 2. The number of thioether (sulfide) groups is 1. The second-order valence-electron chi connectivity index (χ2n) is 4.42. The molecular weight excluding hydrogens is 272 g/mol. The van der Waals surface area contributed by atoms with Crippen LogP contribution in [0.5, 0.6) is 0 Å². The van der Waals surface area contributed by atoms with Gasteiger partial charge in [-0.1, -0.05) is 37.7 Å². The summed E-state index contributed by atoms with van der Waals surface area (Å²) < 4.78 is 2.03. The summed E-state index contributed by atoms with van der Waals surface area (Å²) in [6, 6.07) is 8.32. The second kappa shape index (κ2) is 6.61. The standard InChI is InChI=1S/C15H18N2O2S/c1-3-11-5-7-13(8-6-11)17-12(4-2)9-16-15(17)20-10-14(18)19/h5-9H,3-4,10H2,1-2H3,(H,18,19). The third-order valence-corrected chi connectivity index (χ3v) is 4.03. The van der Waals surface area contributed by atoms with Crippen molar-refractivity contribution in [3.8, 4) is 5.69 Å². The second-order valence-corrected chi connectivity index (χ2v) is 5.37. The molecule has 106 valence electrons. The SMILES string of the molecule is CCc1ccc(-n2c(CC)cnc2SCC(=O)O)cc1. The van der Waals surface area contributed by atoms with Crippen molar-refractivity contribution in [1.82, 2.24) is 9.55 Å². The summed E-state index contributed by atoms with van der Waals surface area (Å²) in [7, 11) is 0. The van der Waals surface area contributed by atoms with Crippen LogP contribution in [0.3, 0.4) is 0 Å². The van der Waals surface area contributed by atoms with E-state index in [1.165, 1.54) is 17.3 Å². The van der Waals surface area contributed by atoms with Crippen LogP contribution in [0.1, 0.15) is 25.1 Å². The molecule has 1 heterocycles. The predicted octanol–water partition coefficient (Wildman–Crippen LogP) is 3.17. The number of aryl methyl sites for hydroxylation is 2. The molecule has 1 aromatic heterocycles. The van der Waals surface area contributed by atoms with Gasteiger partial charge in [0.25, 0.3) is 0 Å². The van der Waals surface area contributed by atoms with E-state index in [-0.39, 0.29) is 5.75 Å². The predicted molar refractivity (Wildman–Crippen MR) is 80.7 cm³/mol. The number of imidazole rings is 1.